The summed E-state index contributed by atoms with van der Waals surface area (Å²) >= 11 is 0. The molecule has 2 nitrogen and oxygen atoms in total. The molecule has 2 heteroatoms. The van der Waals surface area contributed by atoms with E-state index in [1.807, 2.05) is 0 Å². The van der Waals surface area contributed by atoms with E-state index in [1.54, 1.807) is 0 Å². The Bertz CT molecular complexity index is 262. The molecule has 26 heavy (non-hydrogen) atoms. The van der Waals surface area contributed by atoms with Gasteiger partial charge in [-0.2, -0.15) is 0 Å². The average molecular weight is 369 g/mol. The molecule has 0 aromatic rings. The molecule has 0 radical (unpaired) electrons. The Hall–Kier alpha value is -0.0800. The van der Waals surface area contributed by atoms with Crippen LogP contribution in [0.3, 0.4) is 0 Å². The highest BCUT2D eigenvalue weighted by Gasteiger charge is 2.28. The van der Waals surface area contributed by atoms with E-state index in [0.29, 0.717) is 18.6 Å². The molecule has 0 aromatic heterocycles. The summed E-state index contributed by atoms with van der Waals surface area (Å²) in [6.45, 7) is 0.714. The molecule has 0 bridgehead atoms. The van der Waals surface area contributed by atoms with Gasteiger partial charge in [-0.25, -0.2) is 0 Å². The average Bonchev–Trinajstić information content (AvgIpc) is 2.64. The second-order valence-corrected chi connectivity index (χ2v) is 8.96. The summed E-state index contributed by atoms with van der Waals surface area (Å²) in [5.41, 5.74) is 0.595. The van der Waals surface area contributed by atoms with E-state index in [1.165, 1.54) is 122 Å². The van der Waals surface area contributed by atoms with Crippen LogP contribution in [0.2, 0.25) is 0 Å². The fourth-order valence-corrected chi connectivity index (χ4v) is 4.92. The molecular weight excluding hydrogens is 320 g/mol. The highest BCUT2D eigenvalue weighted by molar-refractivity contribution is 4.80. The predicted octanol–water partition coefficient (Wildman–Crippen LogP) is 7.16. The molecule has 0 amide bonds. The fraction of sp³-hybridized carbons (Fsp3) is 1.00. The first-order valence-electron chi connectivity index (χ1n) is 12.0. The summed E-state index contributed by atoms with van der Waals surface area (Å²) in [7, 11) is 0. The number of aliphatic hydroxyl groups excluding tert-OH is 2. The van der Waals surface area contributed by atoms with Crippen molar-refractivity contribution in [1.29, 1.82) is 0 Å². The molecule has 1 rings (SSSR count). The molecule has 1 fully saturated rings. The minimum Gasteiger partial charge on any atom is -0.396 e. The molecule has 0 atom stereocenters. The third-order valence-electron chi connectivity index (χ3n) is 6.64. The Balaban J connectivity index is 2.52. The zero-order valence-corrected chi connectivity index (χ0v) is 17.7. The van der Waals surface area contributed by atoms with Crippen LogP contribution in [0.25, 0.3) is 0 Å². The SMILES string of the molecule is OCCCCCCC1(CCCCCCO)CCCCCCCCCCC1. The molecule has 0 aromatic carbocycles. The molecule has 0 spiro atoms. The number of hydrogen-bond donors (Lipinski definition) is 2. The minimum absolute atomic E-state index is 0.357. The van der Waals surface area contributed by atoms with Gasteiger partial charge in [-0.3, -0.25) is 0 Å². The molecule has 156 valence electrons. The maximum Gasteiger partial charge on any atom is 0.0431 e. The van der Waals surface area contributed by atoms with Crippen molar-refractivity contribution in [3.05, 3.63) is 0 Å². The van der Waals surface area contributed by atoms with Gasteiger partial charge in [0.15, 0.2) is 0 Å². The van der Waals surface area contributed by atoms with E-state index in [9.17, 15) is 0 Å². The number of rotatable bonds is 12. The summed E-state index contributed by atoms with van der Waals surface area (Å²) in [5.74, 6) is 0. The summed E-state index contributed by atoms with van der Waals surface area (Å²) in [6.07, 6.45) is 28.4. The third-order valence-corrected chi connectivity index (χ3v) is 6.64. The molecule has 0 unspecified atom stereocenters. The van der Waals surface area contributed by atoms with Crippen molar-refractivity contribution in [3.63, 3.8) is 0 Å². The fourth-order valence-electron chi connectivity index (χ4n) is 4.92. The summed E-state index contributed by atoms with van der Waals surface area (Å²) in [4.78, 5) is 0. The lowest BCUT2D eigenvalue weighted by molar-refractivity contribution is 0.169. The standard InChI is InChI=1S/C24H48O2/c25-22-16-10-8-14-20-24(21-15-9-11-17-23-26)18-12-6-4-2-1-3-5-7-13-19-24/h25-26H,1-23H2. The highest BCUT2D eigenvalue weighted by atomic mass is 16.3. The maximum absolute atomic E-state index is 9.01. The van der Waals surface area contributed by atoms with Crippen LogP contribution in [0.5, 0.6) is 0 Å². The Morgan fingerprint density at radius 2 is 0.769 bits per heavy atom. The summed E-state index contributed by atoms with van der Waals surface area (Å²) < 4.78 is 0. The maximum atomic E-state index is 9.01. The number of unbranched alkanes of at least 4 members (excludes halogenated alkanes) is 6. The Labute approximate surface area is 164 Å². The largest absolute Gasteiger partial charge is 0.396 e. The normalized spacial score (nSPS) is 19.6. The van der Waals surface area contributed by atoms with Crippen molar-refractivity contribution in [2.75, 3.05) is 13.2 Å². The summed E-state index contributed by atoms with van der Waals surface area (Å²) in [5, 5.41) is 18.0. The summed E-state index contributed by atoms with van der Waals surface area (Å²) in [6, 6.07) is 0. The quantitative estimate of drug-likeness (QED) is 0.359. The van der Waals surface area contributed by atoms with Crippen LogP contribution in [0.15, 0.2) is 0 Å². The lowest BCUT2D eigenvalue weighted by Crippen LogP contribution is -2.21. The van der Waals surface area contributed by atoms with E-state index in [-0.39, 0.29) is 0 Å². The monoisotopic (exact) mass is 368 g/mol. The zero-order valence-electron chi connectivity index (χ0n) is 17.7. The molecule has 0 saturated heterocycles. The van der Waals surface area contributed by atoms with Gasteiger partial charge in [0, 0.05) is 13.2 Å². The lowest BCUT2D eigenvalue weighted by Gasteiger charge is -2.35. The van der Waals surface area contributed by atoms with Crippen molar-refractivity contribution in [2.24, 2.45) is 5.41 Å². The van der Waals surface area contributed by atoms with Crippen molar-refractivity contribution < 1.29 is 10.2 Å². The van der Waals surface area contributed by atoms with Crippen molar-refractivity contribution in [2.45, 2.75) is 135 Å². The van der Waals surface area contributed by atoms with Crippen LogP contribution in [-0.4, -0.2) is 23.4 Å². The van der Waals surface area contributed by atoms with E-state index in [4.69, 9.17) is 10.2 Å². The van der Waals surface area contributed by atoms with E-state index in [0.717, 1.165) is 12.8 Å². The van der Waals surface area contributed by atoms with Crippen LogP contribution < -0.4 is 0 Å². The third kappa shape index (κ3) is 12.3. The first kappa shape index (κ1) is 24.0. The van der Waals surface area contributed by atoms with Gasteiger partial charge < -0.3 is 10.2 Å². The van der Waals surface area contributed by atoms with Crippen molar-refractivity contribution in [3.8, 4) is 0 Å². The van der Waals surface area contributed by atoms with Crippen LogP contribution in [0, 0.1) is 5.41 Å². The predicted molar refractivity (Wildman–Crippen MR) is 114 cm³/mol. The van der Waals surface area contributed by atoms with Crippen LogP contribution in [-0.2, 0) is 0 Å². The van der Waals surface area contributed by atoms with Crippen molar-refractivity contribution in [1.82, 2.24) is 0 Å². The Kier molecular flexibility index (Phi) is 15.7. The van der Waals surface area contributed by atoms with Gasteiger partial charge in [0.25, 0.3) is 0 Å². The van der Waals surface area contributed by atoms with E-state index < -0.39 is 0 Å². The first-order valence-corrected chi connectivity index (χ1v) is 12.0. The second kappa shape index (κ2) is 17.0. The minimum atomic E-state index is 0.357. The molecule has 0 heterocycles. The first-order chi connectivity index (χ1) is 12.8. The number of hydrogen-bond acceptors (Lipinski definition) is 2. The van der Waals surface area contributed by atoms with E-state index >= 15 is 0 Å². The smallest absolute Gasteiger partial charge is 0.0431 e. The molecule has 2 N–H and O–H groups in total. The number of aliphatic hydroxyl groups is 2. The van der Waals surface area contributed by atoms with Gasteiger partial charge in [-0.15, -0.1) is 0 Å². The van der Waals surface area contributed by atoms with Crippen LogP contribution in [0.4, 0.5) is 0 Å². The van der Waals surface area contributed by atoms with Gasteiger partial charge in [-0.05, 0) is 43.9 Å². The van der Waals surface area contributed by atoms with Crippen LogP contribution in [0.1, 0.15) is 135 Å². The zero-order chi connectivity index (χ0) is 18.8. The van der Waals surface area contributed by atoms with Gasteiger partial charge in [0.1, 0.15) is 0 Å². The lowest BCUT2D eigenvalue weighted by atomic mass is 9.70. The van der Waals surface area contributed by atoms with Gasteiger partial charge in [0.2, 0.25) is 0 Å². The topological polar surface area (TPSA) is 40.5 Å². The molecule has 0 aliphatic heterocycles. The molecule has 1 saturated carbocycles. The Morgan fingerprint density at radius 1 is 0.423 bits per heavy atom. The second-order valence-electron chi connectivity index (χ2n) is 8.96. The van der Waals surface area contributed by atoms with Gasteiger partial charge in [0.05, 0.1) is 0 Å². The highest BCUT2D eigenvalue weighted by Crippen LogP contribution is 2.42. The molecule has 1 aliphatic rings. The van der Waals surface area contributed by atoms with Crippen molar-refractivity contribution >= 4 is 0 Å². The molecular formula is C24H48O2. The van der Waals surface area contributed by atoms with Gasteiger partial charge in [-0.1, -0.05) is 96.3 Å². The van der Waals surface area contributed by atoms with Gasteiger partial charge >= 0.3 is 0 Å². The van der Waals surface area contributed by atoms with Crippen LogP contribution >= 0.6 is 0 Å². The Morgan fingerprint density at radius 3 is 1.15 bits per heavy atom. The van der Waals surface area contributed by atoms with E-state index in [2.05, 4.69) is 0 Å². The molecule has 1 aliphatic carbocycles.